The summed E-state index contributed by atoms with van der Waals surface area (Å²) in [6.07, 6.45) is -4.55. The zero-order chi connectivity index (χ0) is 24.2. The molecular formula is C21H16F4N4O4. The second-order valence-corrected chi connectivity index (χ2v) is 6.76. The Morgan fingerprint density at radius 1 is 0.879 bits per heavy atom. The molecule has 0 unspecified atom stereocenters. The second kappa shape index (κ2) is 9.51. The van der Waals surface area contributed by atoms with Gasteiger partial charge >= 0.3 is 6.18 Å². The first-order valence-electron chi connectivity index (χ1n) is 9.31. The Labute approximate surface area is 183 Å². The first-order chi connectivity index (χ1) is 15.5. The molecule has 0 bridgehead atoms. The van der Waals surface area contributed by atoms with E-state index in [1.54, 1.807) is 0 Å². The number of carbonyl (C=O) groups is 2. The Kier molecular flexibility index (Phi) is 6.75. The molecule has 0 saturated heterocycles. The van der Waals surface area contributed by atoms with E-state index in [4.69, 9.17) is 0 Å². The number of halogens is 4. The Morgan fingerprint density at radius 3 is 2.18 bits per heavy atom. The molecule has 0 spiro atoms. The molecule has 8 nitrogen and oxygen atoms in total. The van der Waals surface area contributed by atoms with Crippen molar-refractivity contribution >= 4 is 11.8 Å². The summed E-state index contributed by atoms with van der Waals surface area (Å²) in [5, 5.41) is 24.3. The number of nitrogens with zero attached hydrogens (tertiary/aromatic N) is 2. The summed E-state index contributed by atoms with van der Waals surface area (Å²) in [6, 6.07) is 9.46. The number of benzene rings is 2. The first-order valence-corrected chi connectivity index (χ1v) is 9.31. The molecule has 0 radical (unpaired) electrons. The van der Waals surface area contributed by atoms with E-state index < -0.39 is 52.5 Å². The molecule has 4 N–H and O–H groups in total. The van der Waals surface area contributed by atoms with E-state index in [-0.39, 0.29) is 18.7 Å². The zero-order valence-electron chi connectivity index (χ0n) is 16.7. The Balaban J connectivity index is 1.71. The molecule has 1 heterocycles. The standard InChI is InChI=1S/C21H16F4N4O4/c22-14-6-4-11(5-7-14)9-26-18(31)15-16(30)19(32)29-17(28-15)20(33)27-10-12-2-1-3-13(8-12)21(23,24)25/h1-8,30H,9-10H2,(H,26,31)(H,27,33)(H,28,29,32). The quantitative estimate of drug-likeness (QED) is 0.416. The summed E-state index contributed by atoms with van der Waals surface area (Å²) in [7, 11) is 0. The van der Waals surface area contributed by atoms with E-state index in [9.17, 15) is 37.4 Å². The minimum atomic E-state index is -4.55. The molecule has 0 aliphatic heterocycles. The lowest BCUT2D eigenvalue weighted by Gasteiger charge is -2.11. The van der Waals surface area contributed by atoms with Crippen LogP contribution >= 0.6 is 0 Å². The second-order valence-electron chi connectivity index (χ2n) is 6.76. The third-order valence-corrected chi connectivity index (χ3v) is 4.36. The number of aromatic hydroxyl groups is 2. The van der Waals surface area contributed by atoms with Crippen LogP contribution in [-0.4, -0.2) is 32.0 Å². The van der Waals surface area contributed by atoms with Crippen molar-refractivity contribution in [2.24, 2.45) is 0 Å². The molecule has 2 amide bonds. The Hall–Kier alpha value is -4.22. The highest BCUT2D eigenvalue weighted by Gasteiger charge is 2.30. The van der Waals surface area contributed by atoms with Gasteiger partial charge in [-0.15, -0.1) is 0 Å². The fraction of sp³-hybridized carbons (Fsp3) is 0.143. The molecule has 3 aromatic rings. The predicted molar refractivity (Wildman–Crippen MR) is 106 cm³/mol. The van der Waals surface area contributed by atoms with E-state index in [1.807, 2.05) is 0 Å². The van der Waals surface area contributed by atoms with E-state index >= 15 is 0 Å². The normalized spacial score (nSPS) is 11.2. The molecule has 33 heavy (non-hydrogen) atoms. The summed E-state index contributed by atoms with van der Waals surface area (Å²) >= 11 is 0. The van der Waals surface area contributed by atoms with Crippen molar-refractivity contribution in [3.8, 4) is 11.6 Å². The van der Waals surface area contributed by atoms with Gasteiger partial charge in [0.2, 0.25) is 11.6 Å². The molecule has 172 valence electrons. The average Bonchev–Trinajstić information content (AvgIpc) is 2.78. The van der Waals surface area contributed by atoms with Gasteiger partial charge in [-0.3, -0.25) is 9.59 Å². The molecule has 2 aromatic carbocycles. The summed E-state index contributed by atoms with van der Waals surface area (Å²) in [5.74, 6) is -5.13. The number of amides is 2. The van der Waals surface area contributed by atoms with Gasteiger partial charge in [0.1, 0.15) is 5.82 Å². The van der Waals surface area contributed by atoms with Crippen LogP contribution in [0.25, 0.3) is 0 Å². The smallest absolute Gasteiger partial charge is 0.416 e. The van der Waals surface area contributed by atoms with Crippen LogP contribution in [0.3, 0.4) is 0 Å². The molecule has 12 heteroatoms. The van der Waals surface area contributed by atoms with Crippen molar-refractivity contribution in [1.29, 1.82) is 0 Å². The van der Waals surface area contributed by atoms with Gasteiger partial charge in [-0.1, -0.05) is 24.3 Å². The Morgan fingerprint density at radius 2 is 1.52 bits per heavy atom. The maximum atomic E-state index is 13.0. The lowest BCUT2D eigenvalue weighted by molar-refractivity contribution is -0.137. The van der Waals surface area contributed by atoms with Crippen LogP contribution in [0.1, 0.15) is 37.8 Å². The van der Waals surface area contributed by atoms with Gasteiger partial charge in [-0.2, -0.15) is 18.2 Å². The van der Waals surface area contributed by atoms with Crippen LogP contribution in [0, 0.1) is 5.82 Å². The Bertz CT molecular complexity index is 1180. The van der Waals surface area contributed by atoms with Crippen LogP contribution in [0.15, 0.2) is 48.5 Å². The number of hydrogen-bond donors (Lipinski definition) is 4. The summed E-state index contributed by atoms with van der Waals surface area (Å²) in [6.45, 7) is -0.389. The van der Waals surface area contributed by atoms with Crippen molar-refractivity contribution in [2.75, 3.05) is 0 Å². The van der Waals surface area contributed by atoms with E-state index in [0.717, 1.165) is 12.1 Å². The van der Waals surface area contributed by atoms with Gasteiger partial charge in [-0.05, 0) is 35.4 Å². The number of alkyl halides is 3. The highest BCUT2D eigenvalue weighted by molar-refractivity contribution is 5.97. The number of carbonyl (C=O) groups excluding carboxylic acids is 2. The maximum absolute atomic E-state index is 13.0. The van der Waals surface area contributed by atoms with Gasteiger partial charge in [0.15, 0.2) is 5.69 Å². The minimum absolute atomic E-state index is 0.0691. The van der Waals surface area contributed by atoms with Crippen molar-refractivity contribution in [3.05, 3.63) is 82.6 Å². The van der Waals surface area contributed by atoms with Crippen molar-refractivity contribution in [3.63, 3.8) is 0 Å². The van der Waals surface area contributed by atoms with Gasteiger partial charge in [-0.25, -0.2) is 9.37 Å². The number of rotatable bonds is 6. The number of nitrogens with one attached hydrogen (secondary N) is 2. The molecule has 1 aromatic heterocycles. The summed E-state index contributed by atoms with van der Waals surface area (Å²) < 4.78 is 51.4. The van der Waals surface area contributed by atoms with Crippen LogP contribution in [0.4, 0.5) is 17.6 Å². The zero-order valence-corrected chi connectivity index (χ0v) is 16.7. The molecule has 3 rings (SSSR count). The van der Waals surface area contributed by atoms with E-state index in [2.05, 4.69) is 20.6 Å². The van der Waals surface area contributed by atoms with Crippen molar-refractivity contribution < 1.29 is 37.4 Å². The third-order valence-electron chi connectivity index (χ3n) is 4.36. The SMILES string of the molecule is O=C(NCc1cccc(C(F)(F)F)c1)c1nc(O)c(O)c(C(=O)NCc2ccc(F)cc2)n1. The lowest BCUT2D eigenvalue weighted by Crippen LogP contribution is -2.28. The molecule has 0 aliphatic carbocycles. The number of aromatic nitrogens is 2. The van der Waals surface area contributed by atoms with Gasteiger partial charge < -0.3 is 20.8 Å². The van der Waals surface area contributed by atoms with Crippen molar-refractivity contribution in [2.45, 2.75) is 19.3 Å². The van der Waals surface area contributed by atoms with Gasteiger partial charge in [0.05, 0.1) is 5.56 Å². The summed E-state index contributed by atoms with van der Waals surface area (Å²) in [5.41, 5.74) is -0.929. The maximum Gasteiger partial charge on any atom is 0.416 e. The van der Waals surface area contributed by atoms with Crippen LogP contribution in [-0.2, 0) is 19.3 Å². The highest BCUT2D eigenvalue weighted by Crippen LogP contribution is 2.29. The van der Waals surface area contributed by atoms with Crippen LogP contribution in [0.2, 0.25) is 0 Å². The highest BCUT2D eigenvalue weighted by atomic mass is 19.4. The van der Waals surface area contributed by atoms with E-state index in [1.165, 1.54) is 36.4 Å². The fourth-order valence-corrected chi connectivity index (χ4v) is 2.69. The third kappa shape index (κ3) is 5.93. The van der Waals surface area contributed by atoms with E-state index in [0.29, 0.717) is 5.56 Å². The monoisotopic (exact) mass is 464 g/mol. The van der Waals surface area contributed by atoms with Crippen molar-refractivity contribution in [1.82, 2.24) is 20.6 Å². The minimum Gasteiger partial charge on any atom is -0.501 e. The predicted octanol–water partition coefficient (Wildman–Crippen LogP) is 2.91. The molecule has 0 atom stereocenters. The number of hydrogen-bond acceptors (Lipinski definition) is 6. The van der Waals surface area contributed by atoms with Gasteiger partial charge in [0, 0.05) is 13.1 Å². The largest absolute Gasteiger partial charge is 0.501 e. The first kappa shape index (κ1) is 23.4. The average molecular weight is 464 g/mol. The molecule has 0 saturated carbocycles. The van der Waals surface area contributed by atoms with Gasteiger partial charge in [0.25, 0.3) is 17.7 Å². The van der Waals surface area contributed by atoms with Crippen LogP contribution in [0.5, 0.6) is 11.6 Å². The molecule has 0 aliphatic rings. The summed E-state index contributed by atoms with van der Waals surface area (Å²) in [4.78, 5) is 31.7. The fourth-order valence-electron chi connectivity index (χ4n) is 2.69. The molecule has 0 fully saturated rings. The lowest BCUT2D eigenvalue weighted by atomic mass is 10.1. The topological polar surface area (TPSA) is 124 Å². The molecular weight excluding hydrogens is 448 g/mol. The van der Waals surface area contributed by atoms with Crippen LogP contribution < -0.4 is 10.6 Å².